The average Bonchev–Trinajstić information content (AvgIpc) is 2.53. The summed E-state index contributed by atoms with van der Waals surface area (Å²) in [6, 6.07) is 6.75. The summed E-state index contributed by atoms with van der Waals surface area (Å²) in [4.78, 5) is 35.7. The Morgan fingerprint density at radius 1 is 1.16 bits per heavy atom. The van der Waals surface area contributed by atoms with Gasteiger partial charge in [-0.25, -0.2) is 9.59 Å². The highest BCUT2D eigenvalue weighted by Crippen LogP contribution is 2.22. The van der Waals surface area contributed by atoms with E-state index in [-0.39, 0.29) is 17.5 Å². The van der Waals surface area contributed by atoms with Gasteiger partial charge in [-0.2, -0.15) is 0 Å². The molecule has 1 saturated heterocycles. The first-order valence-corrected chi connectivity index (χ1v) is 8.06. The van der Waals surface area contributed by atoms with Crippen LogP contribution < -0.4 is 10.6 Å². The predicted octanol–water partition coefficient (Wildman–Crippen LogP) is 2.35. The second-order valence-corrected chi connectivity index (χ2v) is 6.24. The molecule has 1 atom stereocenters. The Morgan fingerprint density at radius 2 is 1.72 bits per heavy atom. The van der Waals surface area contributed by atoms with E-state index >= 15 is 0 Å². The Hall–Kier alpha value is -2.83. The maximum atomic E-state index is 12.0. The molecule has 1 fully saturated rings. The lowest BCUT2D eigenvalue weighted by Gasteiger charge is -2.29. The van der Waals surface area contributed by atoms with Crippen LogP contribution in [0.2, 0.25) is 0 Å². The van der Waals surface area contributed by atoms with Crippen LogP contribution in [0.15, 0.2) is 36.0 Å². The van der Waals surface area contributed by atoms with Gasteiger partial charge in [-0.3, -0.25) is 4.79 Å². The molecule has 0 bridgehead atoms. The summed E-state index contributed by atoms with van der Waals surface area (Å²) >= 11 is 0. The van der Waals surface area contributed by atoms with Crippen LogP contribution in [0.1, 0.15) is 44.5 Å². The number of cyclic esters (lactones) is 2. The summed E-state index contributed by atoms with van der Waals surface area (Å²) in [6.07, 6.45) is 2.08. The fraction of sp³-hybridized carbons (Fsp3) is 0.389. The van der Waals surface area contributed by atoms with Crippen LogP contribution in [0, 0.1) is 0 Å². The minimum atomic E-state index is -1.27. The summed E-state index contributed by atoms with van der Waals surface area (Å²) in [7, 11) is 0. The molecule has 1 unspecified atom stereocenters. The highest BCUT2D eigenvalue weighted by molar-refractivity contribution is 6.15. The topological polar surface area (TPSA) is 93.7 Å². The van der Waals surface area contributed by atoms with Gasteiger partial charge < -0.3 is 20.1 Å². The van der Waals surface area contributed by atoms with E-state index in [1.54, 1.807) is 24.3 Å². The molecule has 134 valence electrons. The lowest BCUT2D eigenvalue weighted by atomic mass is 10.1. The third-order valence-corrected chi connectivity index (χ3v) is 3.64. The number of esters is 2. The molecule has 25 heavy (non-hydrogen) atoms. The molecule has 7 nitrogen and oxygen atoms in total. The lowest BCUT2D eigenvalue weighted by molar-refractivity contribution is -0.222. The van der Waals surface area contributed by atoms with Crippen LogP contribution in [0.5, 0.6) is 0 Å². The fourth-order valence-corrected chi connectivity index (χ4v) is 2.06. The minimum Gasteiger partial charge on any atom is -0.419 e. The van der Waals surface area contributed by atoms with Gasteiger partial charge >= 0.3 is 11.9 Å². The van der Waals surface area contributed by atoms with Crippen molar-refractivity contribution in [3.05, 3.63) is 41.6 Å². The molecule has 7 heteroatoms. The second-order valence-electron chi connectivity index (χ2n) is 6.24. The van der Waals surface area contributed by atoms with Crippen LogP contribution in [0.25, 0.3) is 0 Å². The molecule has 1 amide bonds. The monoisotopic (exact) mass is 346 g/mol. The van der Waals surface area contributed by atoms with Crippen molar-refractivity contribution in [2.45, 2.75) is 45.9 Å². The first kappa shape index (κ1) is 18.5. The maximum Gasteiger partial charge on any atom is 0.350 e. The van der Waals surface area contributed by atoms with Crippen molar-refractivity contribution in [3.8, 4) is 0 Å². The van der Waals surface area contributed by atoms with E-state index in [1.165, 1.54) is 20.0 Å². The van der Waals surface area contributed by atoms with Gasteiger partial charge in [0.25, 0.3) is 11.7 Å². The number of amides is 1. The predicted molar refractivity (Wildman–Crippen MR) is 91.6 cm³/mol. The fourth-order valence-electron chi connectivity index (χ4n) is 2.06. The van der Waals surface area contributed by atoms with E-state index in [4.69, 9.17) is 9.47 Å². The van der Waals surface area contributed by atoms with Crippen LogP contribution in [0.4, 0.5) is 5.69 Å². The molecule has 1 aromatic rings. The number of rotatable bonds is 5. The first-order chi connectivity index (χ1) is 11.7. The molecule has 1 aliphatic rings. The Balaban J connectivity index is 2.03. The smallest absolute Gasteiger partial charge is 0.350 e. The molecule has 1 heterocycles. The Bertz CT molecular complexity index is 685. The molecular formula is C18H22N2O5. The van der Waals surface area contributed by atoms with E-state index in [0.717, 1.165) is 6.42 Å². The van der Waals surface area contributed by atoms with Gasteiger partial charge in [0.15, 0.2) is 5.57 Å². The molecule has 0 radical (unpaired) electrons. The molecule has 0 saturated carbocycles. The van der Waals surface area contributed by atoms with Gasteiger partial charge in [0.2, 0.25) is 0 Å². The minimum absolute atomic E-state index is 0.0996. The van der Waals surface area contributed by atoms with Crippen LogP contribution >= 0.6 is 0 Å². The lowest BCUT2D eigenvalue weighted by Crippen LogP contribution is -2.42. The van der Waals surface area contributed by atoms with Gasteiger partial charge in [0.05, 0.1) is 0 Å². The van der Waals surface area contributed by atoms with E-state index < -0.39 is 17.7 Å². The number of hydrogen-bond acceptors (Lipinski definition) is 6. The van der Waals surface area contributed by atoms with Gasteiger partial charge in [0.1, 0.15) is 0 Å². The first-order valence-electron chi connectivity index (χ1n) is 8.06. The van der Waals surface area contributed by atoms with Crippen molar-refractivity contribution >= 4 is 23.5 Å². The summed E-state index contributed by atoms with van der Waals surface area (Å²) in [6.45, 7) is 6.89. The van der Waals surface area contributed by atoms with E-state index in [9.17, 15) is 14.4 Å². The highest BCUT2D eigenvalue weighted by atomic mass is 16.7. The van der Waals surface area contributed by atoms with E-state index in [2.05, 4.69) is 10.6 Å². The Kier molecular flexibility index (Phi) is 5.46. The van der Waals surface area contributed by atoms with E-state index in [1.807, 2.05) is 13.8 Å². The van der Waals surface area contributed by atoms with Crippen molar-refractivity contribution in [1.29, 1.82) is 0 Å². The average molecular weight is 346 g/mol. The third kappa shape index (κ3) is 4.82. The molecule has 0 spiro atoms. The van der Waals surface area contributed by atoms with Gasteiger partial charge in [-0.15, -0.1) is 0 Å². The zero-order chi connectivity index (χ0) is 18.6. The van der Waals surface area contributed by atoms with Crippen molar-refractivity contribution in [3.63, 3.8) is 0 Å². The number of anilines is 1. The zero-order valence-corrected chi connectivity index (χ0v) is 14.7. The number of carbonyl (C=O) groups is 3. The Labute approximate surface area is 146 Å². The molecule has 2 rings (SSSR count). The number of nitrogens with one attached hydrogen (secondary N) is 2. The summed E-state index contributed by atoms with van der Waals surface area (Å²) in [5.41, 5.74) is 0.910. The highest BCUT2D eigenvalue weighted by Gasteiger charge is 2.38. The summed E-state index contributed by atoms with van der Waals surface area (Å²) in [5.74, 6) is -2.92. The van der Waals surface area contributed by atoms with Crippen LogP contribution in [0.3, 0.4) is 0 Å². The standard InChI is InChI=1S/C18H22N2O5/c1-5-11(2)20-15(21)12-6-8-13(9-7-12)19-10-14-16(22)24-18(3,4)25-17(14)23/h6-11,19H,5H2,1-4H3,(H,20,21). The van der Waals surface area contributed by atoms with Crippen molar-refractivity contribution in [2.24, 2.45) is 0 Å². The number of ether oxygens (including phenoxy) is 2. The van der Waals surface area contributed by atoms with Gasteiger partial charge in [-0.05, 0) is 37.6 Å². The van der Waals surface area contributed by atoms with Crippen molar-refractivity contribution in [1.82, 2.24) is 5.32 Å². The summed E-state index contributed by atoms with van der Waals surface area (Å²) in [5, 5.41) is 5.70. The molecule has 0 aliphatic carbocycles. The van der Waals surface area contributed by atoms with Crippen molar-refractivity contribution in [2.75, 3.05) is 5.32 Å². The maximum absolute atomic E-state index is 12.0. The summed E-state index contributed by atoms with van der Waals surface area (Å²) < 4.78 is 10.0. The van der Waals surface area contributed by atoms with Gasteiger partial charge in [-0.1, -0.05) is 6.92 Å². The normalized spacial score (nSPS) is 17.2. The molecule has 1 aliphatic heterocycles. The number of hydrogen-bond donors (Lipinski definition) is 2. The van der Waals surface area contributed by atoms with E-state index in [0.29, 0.717) is 11.3 Å². The quantitative estimate of drug-likeness (QED) is 0.483. The molecule has 0 aromatic heterocycles. The van der Waals surface area contributed by atoms with Crippen LogP contribution in [-0.4, -0.2) is 29.7 Å². The Morgan fingerprint density at radius 3 is 2.24 bits per heavy atom. The molecule has 1 aromatic carbocycles. The second kappa shape index (κ2) is 7.38. The SMILES string of the molecule is CCC(C)NC(=O)c1ccc(NC=C2C(=O)OC(C)(C)OC2=O)cc1. The zero-order valence-electron chi connectivity index (χ0n) is 14.7. The molecular weight excluding hydrogens is 324 g/mol. The third-order valence-electron chi connectivity index (χ3n) is 3.64. The number of benzene rings is 1. The van der Waals surface area contributed by atoms with Crippen LogP contribution in [-0.2, 0) is 19.1 Å². The number of carbonyl (C=O) groups excluding carboxylic acids is 3. The largest absolute Gasteiger partial charge is 0.419 e. The van der Waals surface area contributed by atoms with Crippen molar-refractivity contribution < 1.29 is 23.9 Å². The van der Waals surface area contributed by atoms with Gasteiger partial charge in [0, 0.05) is 37.3 Å². The molecule has 2 N–H and O–H groups in total.